The highest BCUT2D eigenvalue weighted by Gasteiger charge is 2.33. The molecule has 1 amide bonds. The molecular formula is C28H29F3N2O4S. The quantitative estimate of drug-likeness (QED) is 0.394. The van der Waals surface area contributed by atoms with Crippen molar-refractivity contribution in [1.82, 2.24) is 0 Å². The molecule has 0 aromatic heterocycles. The van der Waals surface area contributed by atoms with Crippen molar-refractivity contribution < 1.29 is 31.1 Å². The number of benzene rings is 3. The molecule has 1 heterocycles. The van der Waals surface area contributed by atoms with E-state index in [1.165, 1.54) is 24.3 Å². The highest BCUT2D eigenvalue weighted by Crippen LogP contribution is 2.41. The first kappa shape index (κ1) is 27.5. The lowest BCUT2D eigenvalue weighted by Crippen LogP contribution is -2.30. The average Bonchev–Trinajstić information content (AvgIpc) is 2.89. The van der Waals surface area contributed by atoms with Gasteiger partial charge in [0.1, 0.15) is 5.75 Å². The molecule has 10 heteroatoms. The van der Waals surface area contributed by atoms with Crippen molar-refractivity contribution in [2.45, 2.75) is 43.4 Å². The molecular weight excluding hydrogens is 517 g/mol. The Morgan fingerprint density at radius 2 is 1.58 bits per heavy atom. The Hall–Kier alpha value is -3.53. The average molecular weight is 547 g/mol. The molecule has 0 radical (unpaired) electrons. The zero-order valence-electron chi connectivity index (χ0n) is 20.9. The number of sulfone groups is 1. The van der Waals surface area contributed by atoms with Crippen LogP contribution in [0.3, 0.4) is 0 Å². The molecule has 6 nitrogen and oxygen atoms in total. The summed E-state index contributed by atoms with van der Waals surface area (Å²) < 4.78 is 68.2. The number of halogens is 3. The summed E-state index contributed by atoms with van der Waals surface area (Å²) in [5, 5.41) is 0. The predicted molar refractivity (Wildman–Crippen MR) is 140 cm³/mol. The summed E-state index contributed by atoms with van der Waals surface area (Å²) in [6, 6.07) is 17.1. The van der Waals surface area contributed by atoms with Gasteiger partial charge in [0.25, 0.3) is 0 Å². The lowest BCUT2D eigenvalue weighted by atomic mass is 9.88. The van der Waals surface area contributed by atoms with E-state index in [-0.39, 0.29) is 22.0 Å². The fraction of sp³-hybridized carbons (Fsp3) is 0.321. The molecule has 0 spiro atoms. The van der Waals surface area contributed by atoms with E-state index in [0.717, 1.165) is 19.3 Å². The van der Waals surface area contributed by atoms with Gasteiger partial charge in [-0.1, -0.05) is 49.4 Å². The summed E-state index contributed by atoms with van der Waals surface area (Å²) in [5.41, 5.74) is 8.38. The van der Waals surface area contributed by atoms with Gasteiger partial charge in [-0.25, -0.2) is 8.42 Å². The zero-order chi connectivity index (χ0) is 27.5. The molecule has 1 aliphatic heterocycles. The molecule has 0 bridgehead atoms. The van der Waals surface area contributed by atoms with E-state index in [2.05, 4.69) is 9.64 Å². The van der Waals surface area contributed by atoms with E-state index in [0.29, 0.717) is 35.5 Å². The number of alkyl halides is 3. The lowest BCUT2D eigenvalue weighted by molar-refractivity contribution is -0.274. The normalized spacial score (nSPS) is 15.2. The Bertz CT molecular complexity index is 1400. The van der Waals surface area contributed by atoms with Gasteiger partial charge in [0.15, 0.2) is 9.84 Å². The van der Waals surface area contributed by atoms with Crippen LogP contribution in [0.2, 0.25) is 0 Å². The first-order valence-electron chi connectivity index (χ1n) is 12.4. The zero-order valence-corrected chi connectivity index (χ0v) is 21.7. The van der Waals surface area contributed by atoms with E-state index in [1.54, 1.807) is 49.4 Å². The van der Waals surface area contributed by atoms with Crippen molar-refractivity contribution in [1.29, 1.82) is 0 Å². The molecule has 1 atom stereocenters. The second-order valence-electron chi connectivity index (χ2n) is 9.18. The topological polar surface area (TPSA) is 89.7 Å². The maximum absolute atomic E-state index is 13.1. The van der Waals surface area contributed by atoms with Gasteiger partial charge in [-0.15, -0.1) is 13.2 Å². The van der Waals surface area contributed by atoms with Crippen LogP contribution in [0.4, 0.5) is 18.9 Å². The molecule has 3 aromatic rings. The SMILES string of the molecule is CCS(=O)(=O)c1ccc(C(C(N)=O)c2ccc(-c3ccccc3OC(F)(F)F)c(N3CCCCC3)c2)cc1. The van der Waals surface area contributed by atoms with Gasteiger partial charge in [0, 0.05) is 29.9 Å². The van der Waals surface area contributed by atoms with Crippen LogP contribution in [0, 0.1) is 0 Å². The number of piperidine rings is 1. The third-order valence-corrected chi connectivity index (χ3v) is 8.44. The van der Waals surface area contributed by atoms with Gasteiger partial charge < -0.3 is 15.4 Å². The van der Waals surface area contributed by atoms with E-state index >= 15 is 0 Å². The predicted octanol–water partition coefficient (Wildman–Crippen LogP) is 5.65. The third kappa shape index (κ3) is 6.12. The number of carbonyl (C=O) groups excluding carboxylic acids is 1. The van der Waals surface area contributed by atoms with Crippen molar-refractivity contribution in [2.24, 2.45) is 5.73 Å². The molecule has 0 saturated carbocycles. The van der Waals surface area contributed by atoms with Crippen LogP contribution in [-0.4, -0.2) is 39.5 Å². The van der Waals surface area contributed by atoms with Gasteiger partial charge in [-0.3, -0.25) is 4.79 Å². The molecule has 38 heavy (non-hydrogen) atoms. The van der Waals surface area contributed by atoms with Crippen LogP contribution in [0.25, 0.3) is 11.1 Å². The molecule has 2 N–H and O–H groups in total. The van der Waals surface area contributed by atoms with E-state index in [9.17, 15) is 26.4 Å². The summed E-state index contributed by atoms with van der Waals surface area (Å²) >= 11 is 0. The first-order valence-corrected chi connectivity index (χ1v) is 14.0. The molecule has 1 fully saturated rings. The smallest absolute Gasteiger partial charge is 0.405 e. The Morgan fingerprint density at radius 1 is 0.947 bits per heavy atom. The number of primary amides is 1. The summed E-state index contributed by atoms with van der Waals surface area (Å²) in [6.07, 6.45) is -1.94. The highest BCUT2D eigenvalue weighted by molar-refractivity contribution is 7.91. The van der Waals surface area contributed by atoms with E-state index < -0.39 is 28.0 Å². The molecule has 4 rings (SSSR count). The summed E-state index contributed by atoms with van der Waals surface area (Å²) in [4.78, 5) is 14.9. The lowest BCUT2D eigenvalue weighted by Gasteiger charge is -2.32. The number of rotatable bonds is 8. The van der Waals surface area contributed by atoms with Gasteiger partial charge in [0.2, 0.25) is 5.91 Å². The van der Waals surface area contributed by atoms with Crippen LogP contribution >= 0.6 is 0 Å². The van der Waals surface area contributed by atoms with E-state index in [4.69, 9.17) is 5.73 Å². The summed E-state index contributed by atoms with van der Waals surface area (Å²) in [6.45, 7) is 2.98. The van der Waals surface area contributed by atoms with Gasteiger partial charge in [0.05, 0.1) is 16.6 Å². The van der Waals surface area contributed by atoms with Crippen LogP contribution in [0.5, 0.6) is 5.75 Å². The van der Waals surface area contributed by atoms with Crippen molar-refractivity contribution in [2.75, 3.05) is 23.7 Å². The van der Waals surface area contributed by atoms with Gasteiger partial charge in [-0.2, -0.15) is 0 Å². The third-order valence-electron chi connectivity index (χ3n) is 6.69. The minimum atomic E-state index is -4.85. The Kier molecular flexibility index (Phi) is 8.01. The van der Waals surface area contributed by atoms with Crippen LogP contribution in [0.1, 0.15) is 43.2 Å². The largest absolute Gasteiger partial charge is 0.573 e. The van der Waals surface area contributed by atoms with Crippen molar-refractivity contribution >= 4 is 21.4 Å². The highest BCUT2D eigenvalue weighted by atomic mass is 32.2. The van der Waals surface area contributed by atoms with Crippen LogP contribution in [-0.2, 0) is 14.6 Å². The van der Waals surface area contributed by atoms with Crippen LogP contribution < -0.4 is 15.4 Å². The van der Waals surface area contributed by atoms with Gasteiger partial charge in [-0.05, 0) is 54.7 Å². The fourth-order valence-electron chi connectivity index (χ4n) is 4.81. The van der Waals surface area contributed by atoms with Crippen molar-refractivity contribution in [3.05, 3.63) is 77.9 Å². The number of carbonyl (C=O) groups is 1. The van der Waals surface area contributed by atoms with Crippen molar-refractivity contribution in [3.8, 4) is 16.9 Å². The molecule has 1 aliphatic rings. The fourth-order valence-corrected chi connectivity index (χ4v) is 5.69. The summed E-state index contributed by atoms with van der Waals surface area (Å²) in [5.74, 6) is -1.88. The van der Waals surface area contributed by atoms with Crippen molar-refractivity contribution in [3.63, 3.8) is 0 Å². The standard InChI is InChI=1S/C28H29F3N2O4S/c1-2-38(35,36)21-13-10-19(11-14-21)26(27(32)34)20-12-15-22(24(18-20)33-16-6-3-7-17-33)23-8-4-5-9-25(23)37-28(29,30)31/h4-5,8-15,18,26H,2-3,6-7,16-17H2,1H3,(H2,32,34). The monoisotopic (exact) mass is 546 g/mol. The maximum atomic E-state index is 13.1. The number of para-hydroxylation sites is 1. The molecule has 0 aliphatic carbocycles. The number of nitrogens with zero attached hydrogens (tertiary/aromatic N) is 1. The number of hydrogen-bond donors (Lipinski definition) is 1. The maximum Gasteiger partial charge on any atom is 0.573 e. The number of anilines is 1. The second kappa shape index (κ2) is 11.1. The van der Waals surface area contributed by atoms with Gasteiger partial charge >= 0.3 is 6.36 Å². The number of ether oxygens (including phenoxy) is 1. The Labute approximate surface area is 220 Å². The molecule has 3 aromatic carbocycles. The minimum absolute atomic E-state index is 0.0498. The molecule has 1 saturated heterocycles. The number of nitrogens with two attached hydrogens (primary N) is 1. The minimum Gasteiger partial charge on any atom is -0.405 e. The Morgan fingerprint density at radius 3 is 2.18 bits per heavy atom. The molecule has 1 unspecified atom stereocenters. The van der Waals surface area contributed by atoms with Crippen LogP contribution in [0.15, 0.2) is 71.6 Å². The molecule has 202 valence electrons. The number of hydrogen-bond acceptors (Lipinski definition) is 5. The second-order valence-corrected chi connectivity index (χ2v) is 11.5. The first-order chi connectivity index (χ1) is 18.0. The Balaban J connectivity index is 1.82. The van der Waals surface area contributed by atoms with E-state index in [1.807, 2.05) is 0 Å². The summed E-state index contributed by atoms with van der Waals surface area (Å²) in [7, 11) is -3.42. The number of amides is 1.